The summed E-state index contributed by atoms with van der Waals surface area (Å²) in [6, 6.07) is 35.8. The monoisotopic (exact) mass is 908 g/mol. The summed E-state index contributed by atoms with van der Waals surface area (Å²) in [6.45, 7) is 0. The molecule has 5 N–H and O–H groups in total. The highest BCUT2D eigenvalue weighted by Crippen LogP contribution is 2.30. The molecule has 64 heavy (non-hydrogen) atoms. The first-order valence-corrected chi connectivity index (χ1v) is 20.2. The van der Waals surface area contributed by atoms with Gasteiger partial charge in [0.25, 0.3) is 0 Å². The van der Waals surface area contributed by atoms with E-state index in [0.717, 1.165) is 32.7 Å². The fourth-order valence-corrected chi connectivity index (χ4v) is 6.64. The second-order valence-corrected chi connectivity index (χ2v) is 14.9. The smallest absolute Gasteiger partial charge is 0.238 e. The van der Waals surface area contributed by atoms with Gasteiger partial charge in [-0.3, -0.25) is 9.59 Å². The minimum Gasteiger partial charge on any atom is -0.507 e. The number of hydrogen-bond donors (Lipinski definition) is 3. The van der Waals surface area contributed by atoms with Crippen LogP contribution in [0.5, 0.6) is 17.4 Å². The van der Waals surface area contributed by atoms with Crippen LogP contribution < -0.4 is 16.2 Å². The molecule has 4 heterocycles. The summed E-state index contributed by atoms with van der Waals surface area (Å²) in [4.78, 5) is 41.1. The number of fused-ring (bicyclic) bond motifs is 2. The van der Waals surface area contributed by atoms with Crippen LogP contribution in [0.3, 0.4) is 0 Å². The van der Waals surface area contributed by atoms with Crippen LogP contribution in [0, 0.1) is 22.7 Å². The van der Waals surface area contributed by atoms with Crippen LogP contribution in [0.1, 0.15) is 63.2 Å². The number of halogens is 3. The van der Waals surface area contributed by atoms with Crippen LogP contribution in [-0.2, 0) is 12.8 Å². The molecule has 0 saturated carbocycles. The van der Waals surface area contributed by atoms with Crippen molar-refractivity contribution >= 4 is 79.5 Å². The van der Waals surface area contributed by atoms with Gasteiger partial charge < -0.3 is 21.3 Å². The Labute approximate surface area is 384 Å². The summed E-state index contributed by atoms with van der Waals surface area (Å²) in [7, 11) is 0. The number of phenols is 1. The first kappa shape index (κ1) is 47.4. The Morgan fingerprint density at radius 1 is 0.625 bits per heavy atom. The lowest BCUT2D eigenvalue weighted by Crippen LogP contribution is -2.03. The van der Waals surface area contributed by atoms with Crippen molar-refractivity contribution in [1.29, 1.82) is 10.5 Å². The van der Waals surface area contributed by atoms with E-state index < -0.39 is 0 Å². The normalized spacial score (nSPS) is 10.2. The molecule has 0 bridgehead atoms. The van der Waals surface area contributed by atoms with Gasteiger partial charge in [-0.15, -0.1) is 0 Å². The van der Waals surface area contributed by atoms with Crippen LogP contribution >= 0.6 is 34.8 Å². The fraction of sp³-hybridized carbons (Fsp3) is 0.102. The Hall–Kier alpha value is -7.61. The minimum absolute atomic E-state index is 0. The third kappa shape index (κ3) is 12.3. The van der Waals surface area contributed by atoms with Crippen molar-refractivity contribution in [1.82, 2.24) is 19.9 Å². The standard InChI is InChI=1S/C24H17ClN4O2.C17H13Cl2N3O.C7H5NO.CH4/c25-20-12-18(14-29-24(20)31-22-4-2-1-3-17(22)13-26)21(30)8-6-15-5-7-19-16(11-15)9-10-28-23(19)27;18-14-8-12(9-22-16(14)19)15(23)4-2-10-1-3-13-11(7-10)5-6-21-17(13)20;8-5-6-3-1-2-4-7(6)9;/h1-5,7,9-12,14H,6,8H2,(H2,27,28);1,3,5-9H,2,4H2,(H2,20,21);1-4,9H;1H4. The van der Waals surface area contributed by atoms with Gasteiger partial charge in [-0.25, -0.2) is 19.9 Å². The second kappa shape index (κ2) is 22.5. The molecule has 0 spiro atoms. The summed E-state index contributed by atoms with van der Waals surface area (Å²) in [5, 5.41) is 30.9. The molecule has 12 nitrogen and oxygen atoms in total. The average Bonchev–Trinajstić information content (AvgIpc) is 3.30. The topological polar surface area (TPSA) is 215 Å². The number of ketones is 2. The van der Waals surface area contributed by atoms with Crippen LogP contribution in [-0.4, -0.2) is 36.6 Å². The lowest BCUT2D eigenvalue weighted by atomic mass is 10.0. The number of aryl methyl sites for hydroxylation is 2. The van der Waals surface area contributed by atoms with Gasteiger partial charge in [-0.1, -0.05) is 103 Å². The minimum atomic E-state index is -0.0762. The quantitative estimate of drug-likeness (QED) is 0.0863. The number of aromatic nitrogens is 4. The van der Waals surface area contributed by atoms with E-state index in [1.807, 2.05) is 54.6 Å². The number of hydrogen-bond acceptors (Lipinski definition) is 12. The first-order valence-electron chi connectivity index (χ1n) is 19.1. The zero-order chi connectivity index (χ0) is 44.9. The molecule has 320 valence electrons. The lowest BCUT2D eigenvalue weighted by Gasteiger charge is -2.09. The number of nitrogen functional groups attached to an aromatic ring is 2. The molecule has 0 unspecified atom stereocenters. The van der Waals surface area contributed by atoms with Crippen molar-refractivity contribution in [3.8, 4) is 29.5 Å². The van der Waals surface area contributed by atoms with Crippen LogP contribution in [0.25, 0.3) is 21.5 Å². The molecule has 8 aromatic rings. The number of nitrogens with zero attached hydrogens (tertiary/aromatic N) is 6. The number of pyridine rings is 4. The van der Waals surface area contributed by atoms with Gasteiger partial charge in [-0.05, 0) is 83.3 Å². The summed E-state index contributed by atoms with van der Waals surface area (Å²) in [6.07, 6.45) is 8.09. The first-order chi connectivity index (χ1) is 30.4. The van der Waals surface area contributed by atoms with Crippen LogP contribution in [0.4, 0.5) is 11.6 Å². The Kier molecular flexibility index (Phi) is 16.7. The highest BCUT2D eigenvalue weighted by atomic mass is 35.5. The number of benzene rings is 4. The largest absolute Gasteiger partial charge is 0.507 e. The summed E-state index contributed by atoms with van der Waals surface area (Å²) in [5.74, 6) is 1.43. The maximum atomic E-state index is 12.6. The number of phenolic OH excluding ortho intramolecular Hbond substituents is 1. The number of carbonyl (C=O) groups is 2. The van der Waals surface area contributed by atoms with Crippen LogP contribution in [0.2, 0.25) is 15.2 Å². The van der Waals surface area contributed by atoms with E-state index in [-0.39, 0.29) is 45.8 Å². The van der Waals surface area contributed by atoms with E-state index in [1.165, 1.54) is 24.5 Å². The predicted octanol–water partition coefficient (Wildman–Crippen LogP) is 11.6. The Morgan fingerprint density at radius 3 is 1.62 bits per heavy atom. The Morgan fingerprint density at radius 2 is 1.12 bits per heavy atom. The number of aromatic hydroxyl groups is 1. The number of nitrogens with two attached hydrogens (primary N) is 2. The molecule has 4 aromatic heterocycles. The molecule has 15 heteroatoms. The third-order valence-electron chi connectivity index (χ3n) is 9.49. The van der Waals surface area contributed by atoms with Crippen molar-refractivity contribution in [3.05, 3.63) is 183 Å². The van der Waals surface area contributed by atoms with Crippen molar-refractivity contribution in [3.63, 3.8) is 0 Å². The molecule has 0 radical (unpaired) electrons. The number of Topliss-reactive ketones (excluding diaryl/α,β-unsaturated/α-hetero) is 2. The molecule has 0 aliphatic heterocycles. The maximum absolute atomic E-state index is 12.6. The Balaban J connectivity index is 0.000000204. The highest BCUT2D eigenvalue weighted by molar-refractivity contribution is 6.41. The van der Waals surface area contributed by atoms with Crippen molar-refractivity contribution in [2.75, 3.05) is 11.5 Å². The number of rotatable bonds is 10. The van der Waals surface area contributed by atoms with Gasteiger partial charge in [0.05, 0.1) is 16.1 Å². The molecule has 0 saturated heterocycles. The van der Waals surface area contributed by atoms with Crippen molar-refractivity contribution < 1.29 is 19.4 Å². The molecule has 0 aliphatic carbocycles. The van der Waals surface area contributed by atoms with Gasteiger partial charge in [0.15, 0.2) is 11.6 Å². The molecule has 0 amide bonds. The van der Waals surface area contributed by atoms with Gasteiger partial charge in [0, 0.05) is 59.5 Å². The van der Waals surface area contributed by atoms with E-state index in [4.69, 9.17) is 61.4 Å². The molecule has 0 atom stereocenters. The number of anilines is 2. The van der Waals surface area contributed by atoms with E-state index in [0.29, 0.717) is 65.3 Å². The molecule has 0 aliphatic rings. The number of nitriles is 2. The van der Waals surface area contributed by atoms with E-state index >= 15 is 0 Å². The molecular formula is C49H39Cl3N8O4. The van der Waals surface area contributed by atoms with Gasteiger partial charge in [0.2, 0.25) is 5.88 Å². The summed E-state index contributed by atoms with van der Waals surface area (Å²) in [5.41, 5.74) is 15.4. The SMILES string of the molecule is C.N#Cc1ccccc1O.N#Cc1ccccc1Oc1ncc(C(=O)CCc2ccc3c(N)nccc3c2)cc1Cl.Nc1nccc2cc(CCC(=O)c3cnc(Cl)c(Cl)c3)ccc12. The molecule has 4 aromatic carbocycles. The van der Waals surface area contributed by atoms with Gasteiger partial charge in [0.1, 0.15) is 45.4 Å². The molecule has 8 rings (SSSR count). The Bertz CT molecular complexity index is 3060. The number of para-hydroxylation sites is 2. The molecule has 0 fully saturated rings. The average molecular weight is 910 g/mol. The second-order valence-electron chi connectivity index (χ2n) is 13.7. The summed E-state index contributed by atoms with van der Waals surface area (Å²) < 4.78 is 5.65. The third-order valence-corrected chi connectivity index (χ3v) is 10.4. The summed E-state index contributed by atoms with van der Waals surface area (Å²) >= 11 is 17.9. The van der Waals surface area contributed by atoms with E-state index in [2.05, 4.69) is 26.0 Å². The number of ether oxygens (including phenoxy) is 1. The highest BCUT2D eigenvalue weighted by Gasteiger charge is 2.14. The maximum Gasteiger partial charge on any atom is 0.238 e. The van der Waals surface area contributed by atoms with Crippen LogP contribution in [0.15, 0.2) is 134 Å². The van der Waals surface area contributed by atoms with E-state index in [9.17, 15) is 14.9 Å². The fourth-order valence-electron chi connectivity index (χ4n) is 6.16. The predicted molar refractivity (Wildman–Crippen MR) is 252 cm³/mol. The van der Waals surface area contributed by atoms with Gasteiger partial charge in [-0.2, -0.15) is 10.5 Å². The zero-order valence-electron chi connectivity index (χ0n) is 33.2. The zero-order valence-corrected chi connectivity index (χ0v) is 35.4. The lowest BCUT2D eigenvalue weighted by molar-refractivity contribution is 0.0974. The van der Waals surface area contributed by atoms with Gasteiger partial charge >= 0.3 is 0 Å². The van der Waals surface area contributed by atoms with Crippen molar-refractivity contribution in [2.24, 2.45) is 0 Å². The number of carbonyl (C=O) groups excluding carboxylic acids is 2. The molecular weight excluding hydrogens is 871 g/mol. The van der Waals surface area contributed by atoms with E-state index in [1.54, 1.807) is 60.9 Å². The van der Waals surface area contributed by atoms with Crippen molar-refractivity contribution in [2.45, 2.75) is 33.1 Å².